The topological polar surface area (TPSA) is 139 Å². The van der Waals surface area contributed by atoms with Gasteiger partial charge in [-0.2, -0.15) is 5.10 Å². The van der Waals surface area contributed by atoms with E-state index in [4.69, 9.17) is 27.9 Å². The summed E-state index contributed by atoms with van der Waals surface area (Å²) in [7, 11) is 1.47. The summed E-state index contributed by atoms with van der Waals surface area (Å²) < 4.78 is 5.10. The second-order valence-corrected chi connectivity index (χ2v) is 9.61. The third kappa shape index (κ3) is 5.85. The Hall–Kier alpha value is -4.61. The van der Waals surface area contributed by atoms with Gasteiger partial charge in [0.25, 0.3) is 11.8 Å². The highest BCUT2D eigenvalue weighted by Crippen LogP contribution is 2.28. The van der Waals surface area contributed by atoms with Gasteiger partial charge >= 0.3 is 0 Å². The van der Waals surface area contributed by atoms with Crippen molar-refractivity contribution in [3.8, 4) is 5.75 Å². The number of halogens is 2. The number of fused-ring (bicyclic) bond motifs is 1. The largest absolute Gasteiger partial charge is 0.495 e. The number of pyridine rings is 2. The Balaban J connectivity index is 1.43. The van der Waals surface area contributed by atoms with Gasteiger partial charge in [0.1, 0.15) is 11.8 Å². The van der Waals surface area contributed by atoms with Gasteiger partial charge in [-0.3, -0.25) is 19.4 Å². The summed E-state index contributed by atoms with van der Waals surface area (Å²) in [6.45, 7) is 0.0104. The van der Waals surface area contributed by atoms with E-state index in [1.165, 1.54) is 42.6 Å². The maximum absolute atomic E-state index is 13.7. The number of hydrogen-bond donors (Lipinski definition) is 2. The van der Waals surface area contributed by atoms with E-state index in [9.17, 15) is 14.4 Å². The monoisotopic (exact) mass is 577 g/mol. The SMILES string of the molecule is COc1cnnc(NC(=O)c2ccc(CN3C(=O)c4ncc(Cl)cc4NC(=O)C3Cc3ccccn3)cc2Cl)c1. The number of nitrogens with one attached hydrogen (secondary N) is 2. The van der Waals surface area contributed by atoms with Gasteiger partial charge in [-0.15, -0.1) is 5.10 Å². The molecule has 4 heterocycles. The first-order valence-corrected chi connectivity index (χ1v) is 12.7. The van der Waals surface area contributed by atoms with E-state index < -0.39 is 23.8 Å². The van der Waals surface area contributed by atoms with Gasteiger partial charge in [-0.1, -0.05) is 35.3 Å². The van der Waals surface area contributed by atoms with Crippen molar-refractivity contribution >= 4 is 52.4 Å². The molecular weight excluding hydrogens is 557 g/mol. The van der Waals surface area contributed by atoms with E-state index in [0.29, 0.717) is 17.0 Å². The average molecular weight is 578 g/mol. The van der Waals surface area contributed by atoms with Crippen molar-refractivity contribution in [2.75, 3.05) is 17.7 Å². The number of benzene rings is 1. The number of nitrogens with zero attached hydrogens (tertiary/aromatic N) is 5. The number of aromatic nitrogens is 4. The smallest absolute Gasteiger partial charge is 0.275 e. The molecule has 5 rings (SSSR count). The molecular formula is C27H21Cl2N7O4. The van der Waals surface area contributed by atoms with E-state index in [2.05, 4.69) is 30.8 Å². The Labute approximate surface area is 238 Å². The lowest BCUT2D eigenvalue weighted by molar-refractivity contribution is -0.120. The van der Waals surface area contributed by atoms with Crippen molar-refractivity contribution in [3.05, 3.63) is 99.7 Å². The molecule has 1 aromatic carbocycles. The minimum Gasteiger partial charge on any atom is -0.495 e. The van der Waals surface area contributed by atoms with Crippen molar-refractivity contribution in [1.29, 1.82) is 0 Å². The van der Waals surface area contributed by atoms with Crippen LogP contribution in [0.3, 0.4) is 0 Å². The molecule has 0 aliphatic carbocycles. The number of ether oxygens (including phenoxy) is 1. The Morgan fingerprint density at radius 3 is 2.70 bits per heavy atom. The number of hydrogen-bond acceptors (Lipinski definition) is 8. The molecule has 202 valence electrons. The maximum atomic E-state index is 13.7. The molecule has 1 unspecified atom stereocenters. The zero-order valence-corrected chi connectivity index (χ0v) is 22.5. The van der Waals surface area contributed by atoms with Crippen LogP contribution < -0.4 is 15.4 Å². The Morgan fingerprint density at radius 2 is 1.95 bits per heavy atom. The molecule has 1 aliphatic heterocycles. The lowest BCUT2D eigenvalue weighted by atomic mass is 10.1. The molecule has 40 heavy (non-hydrogen) atoms. The molecule has 0 saturated carbocycles. The first kappa shape index (κ1) is 27.0. The predicted octanol–water partition coefficient (Wildman–Crippen LogP) is 4.04. The Kier molecular flexibility index (Phi) is 7.85. The molecule has 3 amide bonds. The predicted molar refractivity (Wildman–Crippen MR) is 147 cm³/mol. The second-order valence-electron chi connectivity index (χ2n) is 8.76. The highest BCUT2D eigenvalue weighted by atomic mass is 35.5. The first-order valence-electron chi connectivity index (χ1n) is 12.0. The van der Waals surface area contributed by atoms with Gasteiger partial charge < -0.3 is 20.3 Å². The zero-order valence-electron chi connectivity index (χ0n) is 21.0. The van der Waals surface area contributed by atoms with Crippen LogP contribution in [0.4, 0.5) is 11.5 Å². The molecule has 1 aliphatic rings. The average Bonchev–Trinajstić information content (AvgIpc) is 3.03. The summed E-state index contributed by atoms with van der Waals surface area (Å²) in [5.74, 6) is -0.776. The van der Waals surface area contributed by atoms with Crippen LogP contribution in [0.15, 0.2) is 67.1 Å². The van der Waals surface area contributed by atoms with Gasteiger partial charge in [0.2, 0.25) is 5.91 Å². The Bertz CT molecular complexity index is 1600. The molecule has 3 aromatic heterocycles. The lowest BCUT2D eigenvalue weighted by Gasteiger charge is -2.28. The molecule has 0 fully saturated rings. The number of carbonyl (C=O) groups is 3. The van der Waals surface area contributed by atoms with Crippen LogP contribution in [0.1, 0.15) is 32.1 Å². The fourth-order valence-electron chi connectivity index (χ4n) is 4.19. The minimum absolute atomic E-state index is 0.0104. The number of anilines is 2. The molecule has 13 heteroatoms. The fourth-order valence-corrected chi connectivity index (χ4v) is 4.63. The quantitative estimate of drug-likeness (QED) is 0.335. The summed E-state index contributed by atoms with van der Waals surface area (Å²) in [6.07, 6.45) is 4.53. The van der Waals surface area contributed by atoms with Crippen LogP contribution in [-0.4, -0.2) is 55.9 Å². The van der Waals surface area contributed by atoms with Gasteiger partial charge in [0.15, 0.2) is 11.5 Å². The van der Waals surface area contributed by atoms with E-state index in [1.54, 1.807) is 36.5 Å². The summed E-state index contributed by atoms with van der Waals surface area (Å²) in [5, 5.41) is 13.5. The highest BCUT2D eigenvalue weighted by Gasteiger charge is 2.37. The lowest BCUT2D eigenvalue weighted by Crippen LogP contribution is -2.46. The van der Waals surface area contributed by atoms with Crippen molar-refractivity contribution in [3.63, 3.8) is 0 Å². The van der Waals surface area contributed by atoms with Crippen LogP contribution in [-0.2, 0) is 17.8 Å². The van der Waals surface area contributed by atoms with Crippen LogP contribution in [0.2, 0.25) is 10.0 Å². The zero-order chi connectivity index (χ0) is 28.2. The van der Waals surface area contributed by atoms with Gasteiger partial charge in [0, 0.05) is 37.1 Å². The maximum Gasteiger partial charge on any atom is 0.275 e. The molecule has 0 spiro atoms. The number of carbonyl (C=O) groups excluding carboxylic acids is 3. The van der Waals surface area contributed by atoms with E-state index in [0.717, 1.165) is 0 Å². The van der Waals surface area contributed by atoms with Crippen molar-refractivity contribution in [2.45, 2.75) is 19.0 Å². The summed E-state index contributed by atoms with van der Waals surface area (Å²) >= 11 is 12.6. The highest BCUT2D eigenvalue weighted by molar-refractivity contribution is 6.34. The first-order chi connectivity index (χ1) is 19.3. The summed E-state index contributed by atoms with van der Waals surface area (Å²) in [4.78, 5) is 49.8. The van der Waals surface area contributed by atoms with Crippen LogP contribution in [0.25, 0.3) is 0 Å². The number of rotatable bonds is 7. The van der Waals surface area contributed by atoms with Crippen LogP contribution >= 0.6 is 23.2 Å². The second kappa shape index (κ2) is 11.6. The van der Waals surface area contributed by atoms with Crippen LogP contribution in [0.5, 0.6) is 5.75 Å². The van der Waals surface area contributed by atoms with E-state index in [-0.39, 0.29) is 45.8 Å². The molecule has 1 atom stereocenters. The third-order valence-electron chi connectivity index (χ3n) is 6.12. The number of amides is 3. The van der Waals surface area contributed by atoms with Gasteiger partial charge in [0.05, 0.1) is 34.6 Å². The van der Waals surface area contributed by atoms with Crippen molar-refractivity contribution in [2.24, 2.45) is 0 Å². The molecule has 2 N–H and O–H groups in total. The standard InChI is InChI=1S/C27H21Cl2N7O4/c1-40-18-11-23(35-32-13-18)34-25(37)19-6-5-15(8-20(19)29)14-36-22(10-17-4-2-3-7-30-17)26(38)33-21-9-16(28)12-31-24(21)27(36)39/h2-9,11-13,22H,10,14H2,1H3,(H,33,38)(H,34,35,37). The van der Waals surface area contributed by atoms with E-state index >= 15 is 0 Å². The van der Waals surface area contributed by atoms with Crippen LogP contribution in [0, 0.1) is 0 Å². The van der Waals surface area contributed by atoms with Crippen molar-refractivity contribution in [1.82, 2.24) is 25.1 Å². The van der Waals surface area contributed by atoms with Gasteiger partial charge in [-0.05, 0) is 35.9 Å². The normalized spacial score (nSPS) is 14.7. The minimum atomic E-state index is -0.913. The molecule has 4 aromatic rings. The molecule has 11 nitrogen and oxygen atoms in total. The molecule has 0 radical (unpaired) electrons. The van der Waals surface area contributed by atoms with Crippen molar-refractivity contribution < 1.29 is 19.1 Å². The summed E-state index contributed by atoms with van der Waals surface area (Å²) in [6, 6.07) is 12.2. The Morgan fingerprint density at radius 1 is 1.10 bits per heavy atom. The fraction of sp³-hybridized carbons (Fsp3) is 0.148. The molecule has 0 saturated heterocycles. The van der Waals surface area contributed by atoms with Gasteiger partial charge in [-0.25, -0.2) is 4.98 Å². The number of methoxy groups -OCH3 is 1. The third-order valence-corrected chi connectivity index (χ3v) is 6.64. The summed E-state index contributed by atoms with van der Waals surface area (Å²) in [5.41, 5.74) is 1.68. The van der Waals surface area contributed by atoms with E-state index in [1.807, 2.05) is 0 Å². The molecule has 0 bridgehead atoms.